The number of rotatable bonds is 5. The van der Waals surface area contributed by atoms with Gasteiger partial charge in [0.05, 0.1) is 33.8 Å². The lowest BCUT2D eigenvalue weighted by Gasteiger charge is -2.29. The van der Waals surface area contributed by atoms with E-state index in [2.05, 4.69) is 219 Å². The van der Waals surface area contributed by atoms with Crippen molar-refractivity contribution in [1.29, 1.82) is 0 Å². The quantitative estimate of drug-likeness (QED) is 0.128. The summed E-state index contributed by atoms with van der Waals surface area (Å²) >= 11 is 0. The van der Waals surface area contributed by atoms with Crippen molar-refractivity contribution in [1.82, 2.24) is 9.97 Å². The maximum Gasteiger partial charge on any atom is 0.0979 e. The van der Waals surface area contributed by atoms with Crippen molar-refractivity contribution in [3.63, 3.8) is 0 Å². The smallest absolute Gasteiger partial charge is 0.0979 e. The van der Waals surface area contributed by atoms with Gasteiger partial charge in [-0.25, -0.2) is 9.97 Å². The number of para-hydroxylation sites is 2. The van der Waals surface area contributed by atoms with Crippen LogP contribution in [0.3, 0.4) is 0 Å². The fourth-order valence-corrected chi connectivity index (χ4v) is 11.8. The molecule has 0 bridgehead atoms. The van der Waals surface area contributed by atoms with Gasteiger partial charge in [-0.05, 0) is 92.1 Å². The molecular weight excluding hydrogens is 747 g/mol. The molecule has 1 aromatic heterocycles. The average molecular weight is 790 g/mol. The minimum atomic E-state index is -1.64. The van der Waals surface area contributed by atoms with Crippen molar-refractivity contribution < 1.29 is 0 Å². The number of allylic oxidation sites excluding steroid dienone is 3. The van der Waals surface area contributed by atoms with Crippen LogP contribution in [0.1, 0.15) is 37.6 Å². The first kappa shape index (κ1) is 36.1. The van der Waals surface area contributed by atoms with Crippen LogP contribution in [0.4, 0.5) is 11.4 Å². The Morgan fingerprint density at radius 3 is 1.70 bits per heavy atom. The van der Waals surface area contributed by atoms with Crippen molar-refractivity contribution in [2.24, 2.45) is 0 Å². The van der Waals surface area contributed by atoms with Gasteiger partial charge in [0.25, 0.3) is 0 Å². The minimum Gasteiger partial charge on any atom is -0.292 e. The van der Waals surface area contributed by atoms with Crippen LogP contribution in [0.2, 0.25) is 0 Å². The van der Waals surface area contributed by atoms with Gasteiger partial charge in [-0.2, -0.15) is 0 Å². The third-order valence-corrected chi connectivity index (χ3v) is 14.7. The highest BCUT2D eigenvalue weighted by atomic mass is 32.2. The third-order valence-electron chi connectivity index (χ3n) is 12.0. The van der Waals surface area contributed by atoms with Gasteiger partial charge in [-0.15, -0.1) is 0 Å². The molecule has 0 aliphatic carbocycles. The Bertz CT molecular complexity index is 3400. The van der Waals surface area contributed by atoms with E-state index in [0.29, 0.717) is 0 Å². The molecule has 0 saturated carbocycles. The Labute approximate surface area is 352 Å². The molecule has 0 amide bonds. The maximum atomic E-state index is 5.51. The van der Waals surface area contributed by atoms with E-state index in [1.165, 1.54) is 54.8 Å². The molecule has 60 heavy (non-hydrogen) atoms. The van der Waals surface area contributed by atoms with Gasteiger partial charge in [0.1, 0.15) is 0 Å². The summed E-state index contributed by atoms with van der Waals surface area (Å²) in [4.78, 5) is 12.3. The molecule has 3 heterocycles. The summed E-state index contributed by atoms with van der Waals surface area (Å²) in [7, 11) is -1.64. The zero-order valence-electron chi connectivity index (χ0n) is 33.9. The molecule has 0 spiro atoms. The van der Waals surface area contributed by atoms with Crippen molar-refractivity contribution in [3.8, 4) is 33.5 Å². The van der Waals surface area contributed by atoms with Crippen LogP contribution < -0.4 is 4.31 Å². The highest BCUT2D eigenvalue weighted by Gasteiger charge is 2.31. The number of fused-ring (bicyclic) bond motifs is 8. The molecule has 0 saturated heterocycles. The zero-order chi connectivity index (χ0) is 40.6. The van der Waals surface area contributed by atoms with E-state index in [4.69, 9.17) is 15.8 Å². The lowest BCUT2D eigenvalue weighted by molar-refractivity contribution is 0.571. The second-order valence-corrected chi connectivity index (χ2v) is 19.5. The summed E-state index contributed by atoms with van der Waals surface area (Å²) in [5.41, 5.74) is 15.4. The SMILES string of the molecule is C=S12=C(C=C(c3ccc(-c4cccc(-c5cccc(-c6nc7c8ccccc8c8ccccc8c7nc6C(C)(C)C)c5)c4)cc3)C=C1)c1ccccc1N2c1ccccc1. The van der Waals surface area contributed by atoms with Gasteiger partial charge >= 0.3 is 0 Å². The van der Waals surface area contributed by atoms with E-state index in [1.807, 2.05) is 0 Å². The van der Waals surface area contributed by atoms with Gasteiger partial charge in [-0.3, -0.25) is 4.31 Å². The van der Waals surface area contributed by atoms with Crippen LogP contribution in [0.5, 0.6) is 0 Å². The molecule has 1 atom stereocenters. The number of nitrogens with zero attached hydrogens (tertiary/aromatic N) is 3. The number of hydrogen-bond donors (Lipinski definition) is 0. The molecule has 8 aromatic carbocycles. The molecular formula is C56H43N3S. The van der Waals surface area contributed by atoms with Crippen LogP contribution in [-0.2, 0) is 5.41 Å². The van der Waals surface area contributed by atoms with Gasteiger partial charge in [0.2, 0.25) is 0 Å². The molecule has 3 nitrogen and oxygen atoms in total. The van der Waals surface area contributed by atoms with E-state index >= 15 is 0 Å². The van der Waals surface area contributed by atoms with Crippen LogP contribution in [-0.4, -0.2) is 20.7 Å². The van der Waals surface area contributed by atoms with Gasteiger partial charge in [0.15, 0.2) is 0 Å². The molecule has 9 aromatic rings. The minimum absolute atomic E-state index is 0.227. The summed E-state index contributed by atoms with van der Waals surface area (Å²) in [6, 6.07) is 63.2. The summed E-state index contributed by atoms with van der Waals surface area (Å²) in [6.45, 7) is 6.70. The Hall–Kier alpha value is -7.01. The molecule has 2 aliphatic rings. The third kappa shape index (κ3) is 5.82. The summed E-state index contributed by atoms with van der Waals surface area (Å²) in [6.07, 6.45) is 4.63. The van der Waals surface area contributed by atoms with Crippen molar-refractivity contribution in [2.45, 2.75) is 26.2 Å². The zero-order valence-corrected chi connectivity index (χ0v) is 34.7. The molecule has 2 aliphatic heterocycles. The van der Waals surface area contributed by atoms with Crippen LogP contribution in [0, 0.1) is 0 Å². The van der Waals surface area contributed by atoms with Gasteiger partial charge < -0.3 is 0 Å². The average Bonchev–Trinajstić information content (AvgIpc) is 3.56. The van der Waals surface area contributed by atoms with Gasteiger partial charge in [0, 0.05) is 32.2 Å². The topological polar surface area (TPSA) is 29.0 Å². The van der Waals surface area contributed by atoms with E-state index < -0.39 is 9.39 Å². The van der Waals surface area contributed by atoms with E-state index in [-0.39, 0.29) is 5.41 Å². The van der Waals surface area contributed by atoms with E-state index in [0.717, 1.165) is 49.9 Å². The molecule has 288 valence electrons. The first-order chi connectivity index (χ1) is 29.2. The highest BCUT2D eigenvalue weighted by Crippen LogP contribution is 2.53. The number of anilines is 2. The van der Waals surface area contributed by atoms with E-state index in [1.54, 1.807) is 0 Å². The Morgan fingerprint density at radius 2 is 1.03 bits per heavy atom. The van der Waals surface area contributed by atoms with E-state index in [9.17, 15) is 0 Å². The number of hydrogen-bond acceptors (Lipinski definition) is 3. The monoisotopic (exact) mass is 789 g/mol. The second kappa shape index (κ2) is 13.8. The Morgan fingerprint density at radius 1 is 0.500 bits per heavy atom. The molecule has 11 rings (SSSR count). The van der Waals surface area contributed by atoms with Crippen LogP contribution in [0.15, 0.2) is 193 Å². The predicted molar refractivity (Wildman–Crippen MR) is 261 cm³/mol. The van der Waals surface area contributed by atoms with Crippen molar-refractivity contribution >= 4 is 69.7 Å². The standard InChI is InChI=1S/C56H43N3S/c1-56(2,3)55-52(57-53-47-24-10-8-22-45(47)46-23-9-11-25-48(46)54(53)58-55)43-19-15-18-41(35-43)40-17-14-16-39(34-40)37-28-30-38(31-29-37)42-32-33-60(4)51(36-42)49-26-12-13-27-50(49)59(60)44-20-6-5-7-21-44/h5-36H,4H2,1-3H3. The van der Waals surface area contributed by atoms with Crippen molar-refractivity contribution in [3.05, 3.63) is 210 Å². The fraction of sp³-hybridized carbons (Fsp3) is 0.0714. The number of aromatic nitrogens is 2. The lowest BCUT2D eigenvalue weighted by atomic mass is 9.87. The first-order valence-corrected chi connectivity index (χ1v) is 22.4. The highest BCUT2D eigenvalue weighted by molar-refractivity contribution is 8.33. The van der Waals surface area contributed by atoms with Crippen LogP contribution >= 0.6 is 9.39 Å². The summed E-state index contributed by atoms with van der Waals surface area (Å²) in [5.74, 6) is 4.88. The fourth-order valence-electron chi connectivity index (χ4n) is 9.05. The predicted octanol–water partition coefficient (Wildman–Crippen LogP) is 14.7. The van der Waals surface area contributed by atoms with Crippen molar-refractivity contribution in [2.75, 3.05) is 4.31 Å². The lowest BCUT2D eigenvalue weighted by Crippen LogP contribution is -2.16. The maximum absolute atomic E-state index is 5.51. The van der Waals surface area contributed by atoms with Crippen LogP contribution in [0.25, 0.3) is 71.7 Å². The Kier molecular flexibility index (Phi) is 8.30. The summed E-state index contributed by atoms with van der Waals surface area (Å²) < 4.78 is 2.44. The molecule has 4 heteroatoms. The summed E-state index contributed by atoms with van der Waals surface area (Å²) in [5, 5.41) is 7.01. The molecule has 0 radical (unpaired) electrons. The Balaban J connectivity index is 0.944. The molecule has 0 N–H and O–H groups in total. The number of benzene rings is 8. The first-order valence-electron chi connectivity index (χ1n) is 20.6. The van der Waals surface area contributed by atoms with Gasteiger partial charge in [-0.1, -0.05) is 182 Å². The normalized spacial score (nSPS) is 16.0. The molecule has 1 unspecified atom stereocenters. The molecule has 0 fully saturated rings. The second-order valence-electron chi connectivity index (χ2n) is 16.9. The largest absolute Gasteiger partial charge is 0.292 e.